The van der Waals surface area contributed by atoms with E-state index in [1.165, 1.54) is 6.34 Å². The highest BCUT2D eigenvalue weighted by molar-refractivity contribution is 5.67. The van der Waals surface area contributed by atoms with E-state index >= 15 is 0 Å². The second-order valence-electron chi connectivity index (χ2n) is 6.28. The topological polar surface area (TPSA) is 95.0 Å². The molecule has 0 saturated carbocycles. The minimum absolute atomic E-state index is 0.0420. The third kappa shape index (κ3) is 3.45. The number of aromatic nitrogens is 2. The molecule has 0 bridgehead atoms. The maximum Gasteiger partial charge on any atom is 0.220 e. The van der Waals surface area contributed by atoms with Crippen molar-refractivity contribution >= 4 is 24.1 Å². The fourth-order valence-electron chi connectivity index (χ4n) is 2.90. The van der Waals surface area contributed by atoms with Crippen LogP contribution in [0.5, 0.6) is 5.88 Å². The van der Waals surface area contributed by atoms with Gasteiger partial charge in [-0.15, -0.1) is 0 Å². The minimum Gasteiger partial charge on any atom is -0.493 e. The maximum absolute atomic E-state index is 10.4. The van der Waals surface area contributed by atoms with Gasteiger partial charge in [-0.05, 0) is 29.0 Å². The van der Waals surface area contributed by atoms with Crippen molar-refractivity contribution < 1.29 is 10.2 Å². The standard InChI is InChI=1S/C20H19N5O2/c1-25-19(27)17(10-13-7-8-15-16(9-13)23-12-22-15)24-20(25)21-11-18(26)14-5-3-2-4-6-14/h2-10,12,18,26-27H,11H2,1H3,(H,21,24)/b13-10+/t18-/m0/s1. The Balaban J connectivity index is 1.56. The number of aromatic hydroxyl groups is 1. The molecule has 1 aliphatic heterocycles. The maximum atomic E-state index is 10.4. The van der Waals surface area contributed by atoms with Gasteiger partial charge < -0.3 is 15.5 Å². The molecule has 1 atom stereocenters. The summed E-state index contributed by atoms with van der Waals surface area (Å²) in [4.78, 5) is 12.8. The molecule has 1 aromatic heterocycles. The quantitative estimate of drug-likeness (QED) is 0.640. The van der Waals surface area contributed by atoms with Crippen LogP contribution in [-0.2, 0) is 7.05 Å². The molecule has 0 radical (unpaired) electrons. The Morgan fingerprint density at radius 1 is 1.19 bits per heavy atom. The average molecular weight is 361 g/mol. The van der Waals surface area contributed by atoms with E-state index in [0.29, 0.717) is 11.6 Å². The number of fused-ring (bicyclic) bond motifs is 1. The first kappa shape index (κ1) is 17.0. The highest BCUT2D eigenvalue weighted by Crippen LogP contribution is 2.22. The molecule has 1 aliphatic rings. The molecule has 0 aliphatic carbocycles. The molecular formula is C20H19N5O2. The number of aliphatic hydroxyl groups is 1. The van der Waals surface area contributed by atoms with Gasteiger partial charge in [0.05, 0.1) is 17.1 Å². The van der Waals surface area contributed by atoms with E-state index in [1.807, 2.05) is 48.5 Å². The third-order valence-corrected chi connectivity index (χ3v) is 4.43. The van der Waals surface area contributed by atoms with Gasteiger partial charge in [-0.25, -0.2) is 15.0 Å². The fourth-order valence-corrected chi connectivity index (χ4v) is 2.90. The molecule has 0 amide bonds. The van der Waals surface area contributed by atoms with Crippen LogP contribution in [-0.4, -0.2) is 32.6 Å². The smallest absolute Gasteiger partial charge is 0.220 e. The first-order chi connectivity index (χ1) is 13.1. The predicted molar refractivity (Wildman–Crippen MR) is 104 cm³/mol. The van der Waals surface area contributed by atoms with Crippen molar-refractivity contribution in [2.24, 2.45) is 17.0 Å². The van der Waals surface area contributed by atoms with Gasteiger partial charge in [-0.3, -0.25) is 4.57 Å². The number of benzene rings is 2. The number of nitrogens with one attached hydrogen (secondary N) is 1. The van der Waals surface area contributed by atoms with E-state index in [4.69, 9.17) is 0 Å². The Bertz CT molecular complexity index is 1120. The van der Waals surface area contributed by atoms with Gasteiger partial charge in [0.15, 0.2) is 0 Å². The van der Waals surface area contributed by atoms with Gasteiger partial charge in [0.1, 0.15) is 12.0 Å². The Kier molecular flexibility index (Phi) is 4.43. The molecule has 0 fully saturated rings. The predicted octanol–water partition coefficient (Wildman–Crippen LogP) is 1.39. The van der Waals surface area contributed by atoms with E-state index in [9.17, 15) is 10.2 Å². The second-order valence-corrected chi connectivity index (χ2v) is 6.28. The van der Waals surface area contributed by atoms with Crippen molar-refractivity contribution in [2.75, 3.05) is 11.9 Å². The van der Waals surface area contributed by atoms with Crippen molar-refractivity contribution in [3.63, 3.8) is 0 Å². The van der Waals surface area contributed by atoms with E-state index in [1.54, 1.807) is 17.7 Å². The van der Waals surface area contributed by atoms with Gasteiger partial charge in [0.2, 0.25) is 11.8 Å². The normalized spacial score (nSPS) is 14.1. The lowest BCUT2D eigenvalue weighted by Crippen LogP contribution is -2.14. The average Bonchev–Trinajstić information content (AvgIpc) is 3.26. The Labute approximate surface area is 155 Å². The highest BCUT2D eigenvalue weighted by atomic mass is 16.3. The minimum atomic E-state index is -0.671. The summed E-state index contributed by atoms with van der Waals surface area (Å²) < 4.78 is 1.55. The highest BCUT2D eigenvalue weighted by Gasteiger charge is 2.14. The van der Waals surface area contributed by atoms with E-state index in [0.717, 1.165) is 21.8 Å². The fraction of sp³-hybridized carbons (Fsp3) is 0.150. The van der Waals surface area contributed by atoms with Crippen LogP contribution in [0.3, 0.4) is 0 Å². The summed E-state index contributed by atoms with van der Waals surface area (Å²) in [6.45, 7) is 0.281. The van der Waals surface area contributed by atoms with Crippen molar-refractivity contribution in [1.29, 1.82) is 0 Å². The van der Waals surface area contributed by atoms with E-state index in [-0.39, 0.29) is 12.4 Å². The summed E-state index contributed by atoms with van der Waals surface area (Å²) in [5.74, 6) is 0.517. The molecular weight excluding hydrogens is 342 g/mol. The van der Waals surface area contributed by atoms with Gasteiger partial charge >= 0.3 is 0 Å². The Morgan fingerprint density at radius 2 is 2.00 bits per heavy atom. The van der Waals surface area contributed by atoms with E-state index < -0.39 is 6.10 Å². The van der Waals surface area contributed by atoms with Gasteiger partial charge in [-0.1, -0.05) is 36.4 Å². The molecule has 0 saturated heterocycles. The van der Waals surface area contributed by atoms with Crippen LogP contribution in [0.2, 0.25) is 0 Å². The number of aliphatic hydroxyl groups excluding tert-OH is 1. The monoisotopic (exact) mass is 361 g/mol. The molecule has 4 rings (SSSR count). The summed E-state index contributed by atoms with van der Waals surface area (Å²) >= 11 is 0. The summed E-state index contributed by atoms with van der Waals surface area (Å²) in [6.07, 6.45) is 2.63. The Morgan fingerprint density at radius 3 is 2.81 bits per heavy atom. The summed E-state index contributed by atoms with van der Waals surface area (Å²) in [6, 6.07) is 15.1. The molecule has 2 aromatic carbocycles. The number of hydrogen-bond acceptors (Lipinski definition) is 6. The molecule has 3 aromatic rings. The number of rotatable bonds is 5. The van der Waals surface area contributed by atoms with Crippen LogP contribution < -0.4 is 15.9 Å². The lowest BCUT2D eigenvalue weighted by molar-refractivity contribution is 0.191. The summed E-state index contributed by atoms with van der Waals surface area (Å²) in [7, 11) is 1.71. The third-order valence-electron chi connectivity index (χ3n) is 4.43. The van der Waals surface area contributed by atoms with E-state index in [2.05, 4.69) is 20.3 Å². The van der Waals surface area contributed by atoms with Crippen molar-refractivity contribution in [3.8, 4) is 5.88 Å². The zero-order chi connectivity index (χ0) is 18.8. The molecule has 0 spiro atoms. The van der Waals surface area contributed by atoms with Gasteiger partial charge in [-0.2, -0.15) is 0 Å². The largest absolute Gasteiger partial charge is 0.493 e. The summed E-state index contributed by atoms with van der Waals surface area (Å²) in [5, 5.41) is 25.4. The molecule has 27 heavy (non-hydrogen) atoms. The van der Waals surface area contributed by atoms with Crippen molar-refractivity contribution in [2.45, 2.75) is 6.10 Å². The van der Waals surface area contributed by atoms with Crippen molar-refractivity contribution in [3.05, 3.63) is 70.4 Å². The zero-order valence-electron chi connectivity index (χ0n) is 14.7. The molecule has 2 heterocycles. The van der Waals surface area contributed by atoms with Crippen LogP contribution in [0.25, 0.3) is 6.08 Å². The van der Waals surface area contributed by atoms with Crippen LogP contribution >= 0.6 is 0 Å². The zero-order valence-corrected chi connectivity index (χ0v) is 14.7. The number of hydrogen-bond donors (Lipinski definition) is 3. The first-order valence-corrected chi connectivity index (χ1v) is 8.56. The second kappa shape index (κ2) is 7.05. The number of nitrogens with zero attached hydrogens (tertiary/aromatic N) is 4. The Hall–Kier alpha value is -3.45. The lowest BCUT2D eigenvalue weighted by atomic mass is 10.1. The number of aliphatic imine (C=N–C) groups is 1. The van der Waals surface area contributed by atoms with Crippen LogP contribution in [0, 0.1) is 0 Å². The molecule has 136 valence electrons. The van der Waals surface area contributed by atoms with Crippen LogP contribution in [0.15, 0.2) is 58.5 Å². The molecule has 0 unspecified atom stereocenters. The first-order valence-electron chi connectivity index (χ1n) is 8.56. The van der Waals surface area contributed by atoms with Crippen molar-refractivity contribution in [1.82, 2.24) is 9.55 Å². The lowest BCUT2D eigenvalue weighted by Gasteiger charge is -2.12. The number of imidazole rings is 1. The molecule has 7 heteroatoms. The molecule has 3 N–H and O–H groups in total. The van der Waals surface area contributed by atoms with Gasteiger partial charge in [0, 0.05) is 13.6 Å². The van der Waals surface area contributed by atoms with Gasteiger partial charge in [0.25, 0.3) is 0 Å². The molecule has 7 nitrogen and oxygen atoms in total. The SMILES string of the molecule is Cn1c(NC[C@H](O)c2ccccc2)nc(/C=c2\ccc3c(c2)N=CN=3)c1O. The van der Waals surface area contributed by atoms with Crippen LogP contribution in [0.4, 0.5) is 11.6 Å². The number of anilines is 1. The summed E-state index contributed by atoms with van der Waals surface area (Å²) in [5.41, 5.74) is 2.05. The van der Waals surface area contributed by atoms with Crippen LogP contribution in [0.1, 0.15) is 17.4 Å².